The van der Waals surface area contributed by atoms with Crippen LogP contribution in [-0.2, 0) is 4.79 Å². The number of rotatable bonds is 3. The predicted octanol–water partition coefficient (Wildman–Crippen LogP) is 2.60. The van der Waals surface area contributed by atoms with Gasteiger partial charge in [0.15, 0.2) is 0 Å². The van der Waals surface area contributed by atoms with Crippen molar-refractivity contribution < 1.29 is 4.79 Å². The first-order chi connectivity index (χ1) is 6.15. The number of anilines is 1. The number of carbonyl (C=O) groups is 1. The van der Waals surface area contributed by atoms with Crippen LogP contribution < -0.4 is 5.32 Å². The molecular weight excluding hydrogens is 162 g/mol. The Morgan fingerprint density at radius 1 is 1.54 bits per heavy atom. The van der Waals surface area contributed by atoms with Crippen molar-refractivity contribution in [1.29, 1.82) is 0 Å². The number of benzene rings is 1. The summed E-state index contributed by atoms with van der Waals surface area (Å²) < 4.78 is 0. The van der Waals surface area contributed by atoms with E-state index >= 15 is 0 Å². The minimum atomic E-state index is 0.685. The molecule has 0 heterocycles. The largest absolute Gasteiger partial charge is 0.328 e. The molecule has 1 N–H and O–H groups in total. The SMILES string of the molecule is C=C(C)c1ccc(C)c(NC=O)c1. The van der Waals surface area contributed by atoms with Gasteiger partial charge in [-0.2, -0.15) is 0 Å². The van der Waals surface area contributed by atoms with E-state index in [1.807, 2.05) is 32.0 Å². The summed E-state index contributed by atoms with van der Waals surface area (Å²) in [6, 6.07) is 5.88. The molecule has 1 aromatic rings. The van der Waals surface area contributed by atoms with Crippen LogP contribution in [0.25, 0.3) is 5.57 Å². The molecule has 2 heteroatoms. The van der Waals surface area contributed by atoms with Gasteiger partial charge in [-0.1, -0.05) is 24.3 Å². The normalized spacial score (nSPS) is 9.38. The highest BCUT2D eigenvalue weighted by atomic mass is 16.1. The summed E-state index contributed by atoms with van der Waals surface area (Å²) in [5, 5.41) is 2.65. The fourth-order valence-electron chi connectivity index (χ4n) is 1.11. The summed E-state index contributed by atoms with van der Waals surface area (Å²) in [6.07, 6.45) is 0.685. The van der Waals surface area contributed by atoms with Crippen LogP contribution in [0.2, 0.25) is 0 Å². The van der Waals surface area contributed by atoms with Crippen molar-refractivity contribution in [2.24, 2.45) is 0 Å². The van der Waals surface area contributed by atoms with Gasteiger partial charge in [-0.3, -0.25) is 4.79 Å². The Bertz CT molecular complexity index is 342. The highest BCUT2D eigenvalue weighted by Gasteiger charge is 1.99. The van der Waals surface area contributed by atoms with Gasteiger partial charge in [0, 0.05) is 5.69 Å². The molecule has 1 amide bonds. The van der Waals surface area contributed by atoms with E-state index in [1.165, 1.54) is 0 Å². The first-order valence-corrected chi connectivity index (χ1v) is 4.12. The first kappa shape index (κ1) is 9.52. The zero-order chi connectivity index (χ0) is 9.84. The zero-order valence-corrected chi connectivity index (χ0v) is 7.92. The Balaban J connectivity index is 3.10. The van der Waals surface area contributed by atoms with Crippen molar-refractivity contribution in [1.82, 2.24) is 0 Å². The van der Waals surface area contributed by atoms with Crippen LogP contribution in [0.3, 0.4) is 0 Å². The highest BCUT2D eigenvalue weighted by Crippen LogP contribution is 2.20. The van der Waals surface area contributed by atoms with Crippen LogP contribution in [-0.4, -0.2) is 6.41 Å². The molecule has 0 aromatic heterocycles. The number of hydrogen-bond donors (Lipinski definition) is 1. The second-order valence-electron chi connectivity index (χ2n) is 3.07. The molecule has 2 nitrogen and oxygen atoms in total. The molecule has 0 radical (unpaired) electrons. The van der Waals surface area contributed by atoms with Gasteiger partial charge < -0.3 is 5.32 Å². The van der Waals surface area contributed by atoms with Gasteiger partial charge in [0.2, 0.25) is 6.41 Å². The first-order valence-electron chi connectivity index (χ1n) is 4.12. The number of amides is 1. The Morgan fingerprint density at radius 2 is 2.23 bits per heavy atom. The van der Waals surface area contributed by atoms with Gasteiger partial charge in [-0.05, 0) is 31.0 Å². The summed E-state index contributed by atoms with van der Waals surface area (Å²) in [4.78, 5) is 10.3. The van der Waals surface area contributed by atoms with Gasteiger partial charge in [-0.25, -0.2) is 0 Å². The lowest BCUT2D eigenvalue weighted by Crippen LogP contribution is -1.96. The maximum Gasteiger partial charge on any atom is 0.211 e. The fraction of sp³-hybridized carbons (Fsp3) is 0.182. The maximum atomic E-state index is 10.3. The van der Waals surface area contributed by atoms with Crippen LogP contribution >= 0.6 is 0 Å². The Labute approximate surface area is 78.3 Å². The number of allylic oxidation sites excluding steroid dienone is 1. The topological polar surface area (TPSA) is 29.1 Å². The Hall–Kier alpha value is -1.57. The standard InChI is InChI=1S/C11H13NO/c1-8(2)10-5-4-9(3)11(6-10)12-7-13/h4-7H,1H2,2-3H3,(H,12,13). The molecule has 1 aromatic carbocycles. The summed E-state index contributed by atoms with van der Waals surface area (Å²) >= 11 is 0. The van der Waals surface area contributed by atoms with E-state index in [0.29, 0.717) is 6.41 Å². The van der Waals surface area contributed by atoms with E-state index in [1.54, 1.807) is 0 Å². The fourth-order valence-corrected chi connectivity index (χ4v) is 1.11. The van der Waals surface area contributed by atoms with Gasteiger partial charge in [0.1, 0.15) is 0 Å². The third-order valence-electron chi connectivity index (χ3n) is 1.94. The molecule has 0 bridgehead atoms. The summed E-state index contributed by atoms with van der Waals surface area (Å²) in [6.45, 7) is 7.73. The lowest BCUT2D eigenvalue weighted by Gasteiger charge is -2.06. The molecule has 13 heavy (non-hydrogen) atoms. The van der Waals surface area contributed by atoms with Crippen molar-refractivity contribution in [3.05, 3.63) is 35.9 Å². The Morgan fingerprint density at radius 3 is 2.77 bits per heavy atom. The Kier molecular flexibility index (Phi) is 2.85. The van der Waals surface area contributed by atoms with Crippen molar-refractivity contribution in [3.63, 3.8) is 0 Å². The van der Waals surface area contributed by atoms with Crippen molar-refractivity contribution in [2.45, 2.75) is 13.8 Å². The number of carbonyl (C=O) groups excluding carboxylic acids is 1. The molecule has 0 saturated heterocycles. The third kappa shape index (κ3) is 2.18. The number of hydrogen-bond acceptors (Lipinski definition) is 1. The summed E-state index contributed by atoms with van der Waals surface area (Å²) in [7, 11) is 0. The lowest BCUT2D eigenvalue weighted by molar-refractivity contribution is -0.105. The van der Waals surface area contributed by atoms with Crippen LogP contribution in [0.15, 0.2) is 24.8 Å². The quantitative estimate of drug-likeness (QED) is 0.703. The van der Waals surface area contributed by atoms with Gasteiger partial charge in [-0.15, -0.1) is 0 Å². The molecule has 0 spiro atoms. The van der Waals surface area contributed by atoms with Crippen LogP contribution in [0, 0.1) is 6.92 Å². The lowest BCUT2D eigenvalue weighted by atomic mass is 10.1. The van der Waals surface area contributed by atoms with Gasteiger partial charge >= 0.3 is 0 Å². The minimum Gasteiger partial charge on any atom is -0.328 e. The van der Waals surface area contributed by atoms with Crippen molar-refractivity contribution in [2.75, 3.05) is 5.32 Å². The van der Waals surface area contributed by atoms with Crippen LogP contribution in [0.4, 0.5) is 5.69 Å². The van der Waals surface area contributed by atoms with E-state index in [9.17, 15) is 4.79 Å². The maximum absolute atomic E-state index is 10.3. The van der Waals surface area contributed by atoms with Crippen LogP contribution in [0.5, 0.6) is 0 Å². The van der Waals surface area contributed by atoms with E-state index < -0.39 is 0 Å². The molecule has 0 aliphatic heterocycles. The molecule has 0 unspecified atom stereocenters. The van der Waals surface area contributed by atoms with Gasteiger partial charge in [0.25, 0.3) is 0 Å². The monoisotopic (exact) mass is 175 g/mol. The second kappa shape index (κ2) is 3.90. The van der Waals surface area contributed by atoms with E-state index in [4.69, 9.17) is 0 Å². The molecular formula is C11H13NO. The second-order valence-corrected chi connectivity index (χ2v) is 3.07. The number of aryl methyl sites for hydroxylation is 1. The average molecular weight is 175 g/mol. The average Bonchev–Trinajstić information content (AvgIpc) is 2.08. The zero-order valence-electron chi connectivity index (χ0n) is 7.92. The highest BCUT2D eigenvalue weighted by molar-refractivity contribution is 5.76. The summed E-state index contributed by atoms with van der Waals surface area (Å²) in [5.41, 5.74) is 3.94. The molecule has 0 aliphatic rings. The van der Waals surface area contributed by atoms with Gasteiger partial charge in [0.05, 0.1) is 0 Å². The van der Waals surface area contributed by atoms with E-state index in [-0.39, 0.29) is 0 Å². The molecule has 0 atom stereocenters. The van der Waals surface area contributed by atoms with Crippen LogP contribution in [0.1, 0.15) is 18.1 Å². The molecule has 1 rings (SSSR count). The minimum absolute atomic E-state index is 0.685. The summed E-state index contributed by atoms with van der Waals surface area (Å²) in [5.74, 6) is 0. The molecule has 0 fully saturated rings. The number of nitrogens with one attached hydrogen (secondary N) is 1. The molecule has 0 aliphatic carbocycles. The third-order valence-corrected chi connectivity index (χ3v) is 1.94. The van der Waals surface area contributed by atoms with E-state index in [2.05, 4.69) is 11.9 Å². The molecule has 0 saturated carbocycles. The van der Waals surface area contributed by atoms with Crippen molar-refractivity contribution >= 4 is 17.7 Å². The smallest absolute Gasteiger partial charge is 0.211 e. The molecule has 68 valence electrons. The van der Waals surface area contributed by atoms with E-state index in [0.717, 1.165) is 22.4 Å². The predicted molar refractivity (Wildman–Crippen MR) is 55.6 cm³/mol. The van der Waals surface area contributed by atoms with Crippen molar-refractivity contribution in [3.8, 4) is 0 Å².